The van der Waals surface area contributed by atoms with E-state index in [1.54, 1.807) is 0 Å². The molecule has 4 unspecified atom stereocenters. The summed E-state index contributed by atoms with van der Waals surface area (Å²) in [7, 11) is 0. The van der Waals surface area contributed by atoms with Crippen LogP contribution in [0.4, 0.5) is 4.39 Å². The summed E-state index contributed by atoms with van der Waals surface area (Å²) in [4.78, 5) is 0. The van der Waals surface area contributed by atoms with Gasteiger partial charge in [-0.15, -0.1) is 0 Å². The lowest BCUT2D eigenvalue weighted by atomic mass is 9.69. The molecule has 3 fully saturated rings. The van der Waals surface area contributed by atoms with E-state index in [1.165, 1.54) is 12.8 Å². The Bertz CT molecular complexity index is 261. The number of fused-ring (bicyclic) bond motifs is 2. The van der Waals surface area contributed by atoms with Crippen molar-refractivity contribution < 1.29 is 4.39 Å². The largest absolute Gasteiger partial charge is 0.317 e. The van der Waals surface area contributed by atoms with Crippen molar-refractivity contribution >= 4 is 0 Å². The molecule has 4 atom stereocenters. The predicted molar refractivity (Wildman–Crippen MR) is 63.2 cm³/mol. The van der Waals surface area contributed by atoms with Gasteiger partial charge in [-0.25, -0.2) is 4.39 Å². The molecular weight excluding hydrogens is 203 g/mol. The zero-order valence-corrected chi connectivity index (χ0v) is 10.1. The van der Waals surface area contributed by atoms with Crippen LogP contribution >= 0.6 is 0 Å². The topological polar surface area (TPSA) is 24.1 Å². The van der Waals surface area contributed by atoms with Crippen molar-refractivity contribution in [2.75, 3.05) is 13.1 Å². The first-order valence-corrected chi connectivity index (χ1v) is 6.82. The molecule has 0 spiro atoms. The highest BCUT2D eigenvalue weighted by Gasteiger charge is 2.51. The monoisotopic (exact) mass is 226 g/mol. The van der Waals surface area contributed by atoms with Crippen LogP contribution < -0.4 is 10.6 Å². The van der Waals surface area contributed by atoms with Crippen LogP contribution in [0, 0.1) is 11.8 Å². The minimum Gasteiger partial charge on any atom is -0.317 e. The zero-order valence-electron chi connectivity index (χ0n) is 10.1. The van der Waals surface area contributed by atoms with Crippen LogP contribution in [0.3, 0.4) is 0 Å². The van der Waals surface area contributed by atoms with Gasteiger partial charge in [-0.2, -0.15) is 0 Å². The molecule has 0 aromatic carbocycles. The Morgan fingerprint density at radius 1 is 1.12 bits per heavy atom. The molecular formula is C13H23FN2. The van der Waals surface area contributed by atoms with Gasteiger partial charge in [0.25, 0.3) is 0 Å². The number of nitrogens with one attached hydrogen (secondary N) is 2. The number of rotatable bonds is 1. The molecule has 2 bridgehead atoms. The summed E-state index contributed by atoms with van der Waals surface area (Å²) in [6.07, 6.45) is 5.43. The number of piperidine rings is 2. The van der Waals surface area contributed by atoms with Crippen molar-refractivity contribution in [3.8, 4) is 0 Å². The molecule has 3 heterocycles. The molecule has 2 N–H and O–H groups in total. The van der Waals surface area contributed by atoms with E-state index >= 15 is 0 Å². The lowest BCUT2D eigenvalue weighted by Crippen LogP contribution is -2.56. The van der Waals surface area contributed by atoms with Crippen molar-refractivity contribution in [3.63, 3.8) is 0 Å². The summed E-state index contributed by atoms with van der Waals surface area (Å²) >= 11 is 0. The van der Waals surface area contributed by atoms with E-state index in [2.05, 4.69) is 10.6 Å². The van der Waals surface area contributed by atoms with Gasteiger partial charge >= 0.3 is 0 Å². The molecule has 0 radical (unpaired) electrons. The summed E-state index contributed by atoms with van der Waals surface area (Å²) in [5.74, 6) is 0.848. The van der Waals surface area contributed by atoms with Crippen LogP contribution in [0.25, 0.3) is 0 Å². The predicted octanol–water partition coefficient (Wildman–Crippen LogP) is 1.85. The zero-order chi connectivity index (χ0) is 11.2. The maximum atomic E-state index is 14.8. The first kappa shape index (κ1) is 11.0. The Morgan fingerprint density at radius 2 is 1.88 bits per heavy atom. The summed E-state index contributed by atoms with van der Waals surface area (Å²) in [6, 6.07) is 0.912. The normalized spacial score (nSPS) is 49.5. The second kappa shape index (κ2) is 3.95. The molecule has 3 aliphatic heterocycles. The fraction of sp³-hybridized carbons (Fsp3) is 1.00. The highest BCUT2D eigenvalue weighted by atomic mass is 19.1. The van der Waals surface area contributed by atoms with E-state index < -0.39 is 5.67 Å². The second-order valence-electron chi connectivity index (χ2n) is 6.14. The van der Waals surface area contributed by atoms with E-state index in [9.17, 15) is 4.39 Å². The van der Waals surface area contributed by atoms with Gasteiger partial charge in [0.1, 0.15) is 5.67 Å². The molecule has 0 aliphatic carbocycles. The van der Waals surface area contributed by atoms with Crippen molar-refractivity contribution in [2.24, 2.45) is 11.8 Å². The Labute approximate surface area is 97.4 Å². The number of halogens is 1. The number of alkyl halides is 1. The van der Waals surface area contributed by atoms with E-state index in [-0.39, 0.29) is 5.92 Å². The van der Waals surface area contributed by atoms with Crippen LogP contribution in [0.2, 0.25) is 0 Å². The van der Waals surface area contributed by atoms with Gasteiger partial charge in [-0.05, 0) is 58.0 Å². The van der Waals surface area contributed by atoms with Crippen molar-refractivity contribution in [1.82, 2.24) is 10.6 Å². The van der Waals surface area contributed by atoms with Gasteiger partial charge in [-0.3, -0.25) is 0 Å². The third-order valence-electron chi connectivity index (χ3n) is 4.94. The Morgan fingerprint density at radius 3 is 2.62 bits per heavy atom. The first-order valence-electron chi connectivity index (χ1n) is 6.82. The fourth-order valence-corrected chi connectivity index (χ4v) is 4.36. The van der Waals surface area contributed by atoms with Crippen molar-refractivity contribution in [1.29, 1.82) is 0 Å². The lowest BCUT2D eigenvalue weighted by Gasteiger charge is -2.45. The average Bonchev–Trinajstić information content (AvgIpc) is 2.62. The van der Waals surface area contributed by atoms with E-state index in [1.807, 2.05) is 6.92 Å². The standard InChI is InChI=1S/C13H23FN2/c1-13(14)8-10-2-3-11(16-10)12(13)9-4-6-15-7-5-9/h9-12,15-16H,2-8H2,1H3. The van der Waals surface area contributed by atoms with Gasteiger partial charge in [-0.1, -0.05) is 0 Å². The molecule has 0 amide bonds. The second-order valence-corrected chi connectivity index (χ2v) is 6.14. The molecule has 0 aromatic heterocycles. The number of hydrogen-bond donors (Lipinski definition) is 2. The van der Waals surface area contributed by atoms with Gasteiger partial charge in [0.05, 0.1) is 0 Å². The van der Waals surface area contributed by atoms with Gasteiger partial charge in [0.2, 0.25) is 0 Å². The molecule has 3 heteroatoms. The van der Waals surface area contributed by atoms with Crippen LogP contribution in [-0.4, -0.2) is 30.8 Å². The summed E-state index contributed by atoms with van der Waals surface area (Å²) in [6.45, 7) is 4.01. The van der Waals surface area contributed by atoms with Crippen molar-refractivity contribution in [3.05, 3.63) is 0 Å². The van der Waals surface area contributed by atoms with Crippen LogP contribution in [0.15, 0.2) is 0 Å². The first-order chi connectivity index (χ1) is 7.67. The van der Waals surface area contributed by atoms with Crippen LogP contribution in [0.1, 0.15) is 39.0 Å². The lowest BCUT2D eigenvalue weighted by molar-refractivity contribution is -0.00639. The van der Waals surface area contributed by atoms with E-state index in [4.69, 9.17) is 0 Å². The SMILES string of the molecule is CC1(F)CC2CCC(N2)C1C1CCNCC1. The Kier molecular flexibility index (Phi) is 2.71. The molecule has 2 nitrogen and oxygen atoms in total. The highest BCUT2D eigenvalue weighted by molar-refractivity contribution is 5.06. The molecule has 3 aliphatic rings. The minimum atomic E-state index is -0.931. The smallest absolute Gasteiger partial charge is 0.114 e. The van der Waals surface area contributed by atoms with E-state index in [0.717, 1.165) is 32.4 Å². The van der Waals surface area contributed by atoms with Crippen molar-refractivity contribution in [2.45, 2.75) is 56.8 Å². The molecule has 92 valence electrons. The van der Waals surface area contributed by atoms with E-state index in [0.29, 0.717) is 18.0 Å². The maximum absolute atomic E-state index is 14.8. The summed E-state index contributed by atoms with van der Waals surface area (Å²) in [5, 5.41) is 7.01. The Hall–Kier alpha value is -0.150. The molecule has 0 saturated carbocycles. The van der Waals surface area contributed by atoms with Crippen LogP contribution in [-0.2, 0) is 0 Å². The molecule has 0 aromatic rings. The maximum Gasteiger partial charge on any atom is 0.114 e. The fourth-order valence-electron chi connectivity index (χ4n) is 4.36. The third kappa shape index (κ3) is 1.78. The number of hydrogen-bond acceptors (Lipinski definition) is 2. The molecule has 3 rings (SSSR count). The average molecular weight is 226 g/mol. The summed E-state index contributed by atoms with van der Waals surface area (Å²) < 4.78 is 14.8. The summed E-state index contributed by atoms with van der Waals surface area (Å²) in [5.41, 5.74) is -0.931. The molecule has 3 saturated heterocycles. The van der Waals surface area contributed by atoms with Gasteiger partial charge in [0.15, 0.2) is 0 Å². The highest BCUT2D eigenvalue weighted by Crippen LogP contribution is 2.46. The quantitative estimate of drug-likeness (QED) is 0.713. The third-order valence-corrected chi connectivity index (χ3v) is 4.94. The minimum absolute atomic E-state index is 0.258. The van der Waals surface area contributed by atoms with Crippen LogP contribution in [0.5, 0.6) is 0 Å². The Balaban J connectivity index is 1.79. The van der Waals surface area contributed by atoms with Gasteiger partial charge in [0, 0.05) is 18.0 Å². The molecule has 16 heavy (non-hydrogen) atoms. The van der Waals surface area contributed by atoms with Gasteiger partial charge < -0.3 is 10.6 Å².